The average molecular weight is 309 g/mol. The number of aliphatic hydroxyl groups is 1. The first-order valence-corrected chi connectivity index (χ1v) is 5.76. The number of nitrogens with one attached hydrogen (secondary N) is 1. The number of amides is 1. The van der Waals surface area contributed by atoms with Crippen molar-refractivity contribution in [3.8, 4) is 5.75 Å². The maximum atomic E-state index is 11.2. The average Bonchev–Trinajstić information content (AvgIpc) is 2.27. The third-order valence-corrected chi connectivity index (χ3v) is 2.49. The molecule has 0 unspecified atom stereocenters. The number of hydrogen-bond donors (Lipinski definition) is 2. The van der Waals surface area contributed by atoms with Crippen molar-refractivity contribution in [1.29, 1.82) is 0 Å². The van der Waals surface area contributed by atoms with Crippen molar-refractivity contribution >= 4 is 33.4 Å². The summed E-state index contributed by atoms with van der Waals surface area (Å²) in [6.07, 6.45) is 0. The summed E-state index contributed by atoms with van der Waals surface area (Å²) in [6, 6.07) is 5.13. The van der Waals surface area contributed by atoms with Gasteiger partial charge in [0.1, 0.15) is 5.75 Å². The molecule has 16 heavy (non-hydrogen) atoms. The molecule has 0 aliphatic rings. The Balaban J connectivity index is 2.47. The van der Waals surface area contributed by atoms with Crippen molar-refractivity contribution in [2.75, 3.05) is 19.8 Å². The van der Waals surface area contributed by atoms with Crippen LogP contribution >= 0.6 is 27.5 Å². The molecule has 0 bridgehead atoms. The van der Waals surface area contributed by atoms with Gasteiger partial charge in [-0.3, -0.25) is 4.79 Å². The Hall–Kier alpha value is -0.780. The number of ether oxygens (including phenoxy) is 1. The van der Waals surface area contributed by atoms with Gasteiger partial charge in [-0.15, -0.1) is 0 Å². The van der Waals surface area contributed by atoms with Gasteiger partial charge in [0, 0.05) is 11.0 Å². The molecule has 0 saturated carbocycles. The number of carbonyl (C=O) groups is 1. The largest absolute Gasteiger partial charge is 0.482 e. The lowest BCUT2D eigenvalue weighted by Gasteiger charge is -2.08. The molecule has 4 nitrogen and oxygen atoms in total. The van der Waals surface area contributed by atoms with E-state index in [4.69, 9.17) is 21.4 Å². The van der Waals surface area contributed by atoms with Crippen molar-refractivity contribution in [3.05, 3.63) is 27.7 Å². The van der Waals surface area contributed by atoms with E-state index in [1.165, 1.54) is 0 Å². The highest BCUT2D eigenvalue weighted by molar-refractivity contribution is 9.10. The predicted molar refractivity (Wildman–Crippen MR) is 64.7 cm³/mol. The molecule has 6 heteroatoms. The van der Waals surface area contributed by atoms with Crippen molar-refractivity contribution in [2.45, 2.75) is 0 Å². The number of rotatable bonds is 5. The Kier molecular flexibility index (Phi) is 5.59. The Morgan fingerprint density at radius 2 is 2.31 bits per heavy atom. The molecule has 1 rings (SSSR count). The molecule has 0 radical (unpaired) electrons. The van der Waals surface area contributed by atoms with Gasteiger partial charge in [0.2, 0.25) is 0 Å². The van der Waals surface area contributed by atoms with E-state index in [-0.39, 0.29) is 25.7 Å². The normalized spacial score (nSPS) is 9.94. The summed E-state index contributed by atoms with van der Waals surface area (Å²) >= 11 is 9.14. The fraction of sp³-hybridized carbons (Fsp3) is 0.300. The molecule has 0 aliphatic carbocycles. The molecular formula is C10H11BrClNO3. The standard InChI is InChI=1S/C10H11BrClNO3/c11-7-1-2-8(12)9(5-7)16-6-10(15)13-3-4-14/h1-2,5,14H,3-4,6H2,(H,13,15). The van der Waals surface area contributed by atoms with Gasteiger partial charge in [0.15, 0.2) is 6.61 Å². The summed E-state index contributed by atoms with van der Waals surface area (Å²) in [5.74, 6) is 0.139. The molecule has 0 atom stereocenters. The Bertz CT molecular complexity index is 373. The molecule has 0 heterocycles. The van der Waals surface area contributed by atoms with E-state index >= 15 is 0 Å². The van der Waals surface area contributed by atoms with Crippen LogP contribution in [-0.4, -0.2) is 30.8 Å². The van der Waals surface area contributed by atoms with E-state index in [1.807, 2.05) is 0 Å². The molecule has 1 aromatic rings. The second-order valence-electron chi connectivity index (χ2n) is 2.94. The van der Waals surface area contributed by atoms with Gasteiger partial charge in [0.25, 0.3) is 5.91 Å². The van der Waals surface area contributed by atoms with Gasteiger partial charge >= 0.3 is 0 Å². The van der Waals surface area contributed by atoms with Crippen LogP contribution in [0, 0.1) is 0 Å². The van der Waals surface area contributed by atoms with Gasteiger partial charge < -0.3 is 15.2 Å². The van der Waals surface area contributed by atoms with Crippen LogP contribution in [0.1, 0.15) is 0 Å². The van der Waals surface area contributed by atoms with Crippen molar-refractivity contribution < 1.29 is 14.6 Å². The van der Waals surface area contributed by atoms with Crippen LogP contribution in [0.5, 0.6) is 5.75 Å². The predicted octanol–water partition coefficient (Wildman–Crippen LogP) is 1.59. The van der Waals surface area contributed by atoms with E-state index in [9.17, 15) is 4.79 Å². The van der Waals surface area contributed by atoms with E-state index in [0.29, 0.717) is 10.8 Å². The van der Waals surface area contributed by atoms with Gasteiger partial charge in [-0.1, -0.05) is 27.5 Å². The van der Waals surface area contributed by atoms with Gasteiger partial charge in [0.05, 0.1) is 11.6 Å². The summed E-state index contributed by atoms with van der Waals surface area (Å²) in [4.78, 5) is 11.2. The van der Waals surface area contributed by atoms with Crippen LogP contribution in [-0.2, 0) is 4.79 Å². The highest BCUT2D eigenvalue weighted by atomic mass is 79.9. The molecule has 0 aliphatic heterocycles. The summed E-state index contributed by atoms with van der Waals surface area (Å²) in [5, 5.41) is 11.4. The summed E-state index contributed by atoms with van der Waals surface area (Å²) < 4.78 is 6.04. The summed E-state index contributed by atoms with van der Waals surface area (Å²) in [6.45, 7) is -0.00599. The Morgan fingerprint density at radius 1 is 1.56 bits per heavy atom. The molecule has 0 spiro atoms. The monoisotopic (exact) mass is 307 g/mol. The van der Waals surface area contributed by atoms with Gasteiger partial charge in [-0.2, -0.15) is 0 Å². The Morgan fingerprint density at radius 3 is 3.00 bits per heavy atom. The highest BCUT2D eigenvalue weighted by Crippen LogP contribution is 2.27. The topological polar surface area (TPSA) is 58.6 Å². The summed E-state index contributed by atoms with van der Waals surface area (Å²) in [7, 11) is 0. The second-order valence-corrected chi connectivity index (χ2v) is 4.26. The first-order chi connectivity index (χ1) is 7.63. The number of halogens is 2. The number of hydrogen-bond acceptors (Lipinski definition) is 3. The third-order valence-electron chi connectivity index (χ3n) is 1.69. The van der Waals surface area contributed by atoms with Crippen LogP contribution in [0.25, 0.3) is 0 Å². The number of aliphatic hydroxyl groups excluding tert-OH is 1. The van der Waals surface area contributed by atoms with Crippen molar-refractivity contribution in [1.82, 2.24) is 5.32 Å². The van der Waals surface area contributed by atoms with Gasteiger partial charge in [-0.25, -0.2) is 0 Å². The SMILES string of the molecule is O=C(COc1cc(Br)ccc1Cl)NCCO. The number of carbonyl (C=O) groups excluding carboxylic acids is 1. The molecule has 2 N–H and O–H groups in total. The van der Waals surface area contributed by atoms with Crippen LogP contribution < -0.4 is 10.1 Å². The van der Waals surface area contributed by atoms with Crippen molar-refractivity contribution in [2.24, 2.45) is 0 Å². The molecular weight excluding hydrogens is 297 g/mol. The molecule has 88 valence electrons. The zero-order chi connectivity index (χ0) is 12.0. The van der Waals surface area contributed by atoms with E-state index in [0.717, 1.165) is 4.47 Å². The lowest BCUT2D eigenvalue weighted by atomic mass is 10.3. The first-order valence-electron chi connectivity index (χ1n) is 4.59. The van der Waals surface area contributed by atoms with Gasteiger partial charge in [-0.05, 0) is 18.2 Å². The maximum absolute atomic E-state index is 11.2. The van der Waals surface area contributed by atoms with Crippen LogP contribution in [0.2, 0.25) is 5.02 Å². The van der Waals surface area contributed by atoms with E-state index < -0.39 is 0 Å². The van der Waals surface area contributed by atoms with Crippen LogP contribution in [0.4, 0.5) is 0 Å². The molecule has 0 saturated heterocycles. The van der Waals surface area contributed by atoms with Crippen molar-refractivity contribution in [3.63, 3.8) is 0 Å². The fourth-order valence-electron chi connectivity index (χ4n) is 0.977. The fourth-order valence-corrected chi connectivity index (χ4v) is 1.49. The minimum Gasteiger partial charge on any atom is -0.482 e. The molecule has 1 amide bonds. The zero-order valence-corrected chi connectivity index (χ0v) is 10.7. The smallest absolute Gasteiger partial charge is 0.258 e. The Labute approximate surface area is 107 Å². The molecule has 1 aromatic carbocycles. The van der Waals surface area contributed by atoms with Crippen LogP contribution in [0.15, 0.2) is 22.7 Å². The second kappa shape index (κ2) is 6.73. The molecule has 0 fully saturated rings. The quantitative estimate of drug-likeness (QED) is 0.868. The highest BCUT2D eigenvalue weighted by Gasteiger charge is 2.05. The number of benzene rings is 1. The third kappa shape index (κ3) is 4.38. The van der Waals surface area contributed by atoms with E-state index in [1.54, 1.807) is 18.2 Å². The minimum atomic E-state index is -0.301. The lowest BCUT2D eigenvalue weighted by molar-refractivity contribution is -0.123. The molecule has 0 aromatic heterocycles. The minimum absolute atomic E-state index is 0.0939. The van der Waals surface area contributed by atoms with E-state index in [2.05, 4.69) is 21.2 Å². The maximum Gasteiger partial charge on any atom is 0.258 e. The summed E-state index contributed by atoms with van der Waals surface area (Å²) in [5.41, 5.74) is 0. The lowest BCUT2D eigenvalue weighted by Crippen LogP contribution is -2.31. The van der Waals surface area contributed by atoms with Crippen LogP contribution in [0.3, 0.4) is 0 Å². The zero-order valence-electron chi connectivity index (χ0n) is 8.37. The first kappa shape index (κ1) is 13.3.